The van der Waals surface area contributed by atoms with Gasteiger partial charge in [-0.15, -0.1) is 0 Å². The van der Waals surface area contributed by atoms with Gasteiger partial charge in [0.15, 0.2) is 0 Å². The summed E-state index contributed by atoms with van der Waals surface area (Å²) in [5.41, 5.74) is 1.99. The van der Waals surface area contributed by atoms with Gasteiger partial charge in [-0.2, -0.15) is 4.31 Å². The van der Waals surface area contributed by atoms with Crippen molar-refractivity contribution in [3.63, 3.8) is 0 Å². The topological polar surface area (TPSA) is 77.1 Å². The third-order valence-corrected chi connectivity index (χ3v) is 10.1. The summed E-state index contributed by atoms with van der Waals surface area (Å²) in [5.74, 6) is 1.07. The lowest BCUT2D eigenvalue weighted by Crippen LogP contribution is -2.52. The predicted octanol–water partition coefficient (Wildman–Crippen LogP) is 3.58. The van der Waals surface area contributed by atoms with Gasteiger partial charge >= 0.3 is 0 Å². The van der Waals surface area contributed by atoms with Crippen LogP contribution in [0.4, 0.5) is 11.5 Å². The molecule has 8 nitrogen and oxygen atoms in total. The Kier molecular flexibility index (Phi) is 6.97. The van der Waals surface area contributed by atoms with Crippen molar-refractivity contribution < 1.29 is 13.2 Å². The maximum atomic E-state index is 13.4. The van der Waals surface area contributed by atoms with Gasteiger partial charge in [0.2, 0.25) is 15.9 Å². The monoisotopic (exact) mass is 533 g/mol. The van der Waals surface area contributed by atoms with Crippen molar-refractivity contribution in [1.82, 2.24) is 14.2 Å². The van der Waals surface area contributed by atoms with Crippen LogP contribution in [0, 0.1) is 5.92 Å². The molecule has 38 heavy (non-hydrogen) atoms. The number of carbonyl (C=O) groups excluding carboxylic acids is 1. The van der Waals surface area contributed by atoms with Crippen molar-refractivity contribution in [2.75, 3.05) is 62.2 Å². The minimum atomic E-state index is -3.46. The van der Waals surface area contributed by atoms with E-state index in [4.69, 9.17) is 4.98 Å². The molecule has 9 heteroatoms. The van der Waals surface area contributed by atoms with E-state index in [1.807, 2.05) is 23.1 Å². The van der Waals surface area contributed by atoms with Crippen LogP contribution in [-0.4, -0.2) is 80.9 Å². The predicted molar refractivity (Wildman–Crippen MR) is 150 cm³/mol. The molecule has 3 aliphatic heterocycles. The number of para-hydroxylation sites is 1. The van der Waals surface area contributed by atoms with Gasteiger partial charge in [0, 0.05) is 63.4 Å². The maximum absolute atomic E-state index is 13.4. The number of hydrogen-bond acceptors (Lipinski definition) is 6. The van der Waals surface area contributed by atoms with E-state index in [1.165, 1.54) is 5.69 Å². The number of rotatable bonds is 5. The summed E-state index contributed by atoms with van der Waals surface area (Å²) in [6, 6.07) is 19.5. The molecule has 0 spiro atoms. The number of anilines is 2. The molecule has 200 valence electrons. The van der Waals surface area contributed by atoms with Gasteiger partial charge in [-0.3, -0.25) is 4.79 Å². The number of hydrogen-bond donors (Lipinski definition) is 0. The Balaban J connectivity index is 1.12. The van der Waals surface area contributed by atoms with E-state index in [0.717, 1.165) is 75.1 Å². The molecule has 0 unspecified atom stereocenters. The molecular formula is C29H35N5O3S. The van der Waals surface area contributed by atoms with Crippen LogP contribution in [0.3, 0.4) is 0 Å². The van der Waals surface area contributed by atoms with Crippen LogP contribution in [0.5, 0.6) is 0 Å². The minimum absolute atomic E-state index is 0.0301. The highest BCUT2D eigenvalue weighted by Crippen LogP contribution is 2.28. The van der Waals surface area contributed by atoms with E-state index in [9.17, 15) is 13.2 Å². The van der Waals surface area contributed by atoms with Crippen LogP contribution in [0.15, 0.2) is 65.6 Å². The molecule has 1 aromatic heterocycles. The largest absolute Gasteiger partial charge is 0.368 e. The number of piperazine rings is 1. The third-order valence-electron chi connectivity index (χ3n) is 8.16. The number of nitrogens with zero attached hydrogens (tertiary/aromatic N) is 5. The van der Waals surface area contributed by atoms with Crippen LogP contribution in [-0.2, 0) is 14.8 Å². The molecule has 3 fully saturated rings. The lowest BCUT2D eigenvalue weighted by atomic mass is 9.96. The summed E-state index contributed by atoms with van der Waals surface area (Å²) < 4.78 is 27.5. The number of pyridine rings is 1. The molecule has 0 bridgehead atoms. The number of sulfonamides is 1. The fourth-order valence-electron chi connectivity index (χ4n) is 5.98. The maximum Gasteiger partial charge on any atom is 0.243 e. The SMILES string of the molecule is O=C([C@H]1CCCN(c2ccc3cc(S(=O)(=O)N4CCCC4)ccc3n2)C1)N1CCN(c2ccccc2)CC1. The molecule has 4 heterocycles. The van der Waals surface area contributed by atoms with Crippen molar-refractivity contribution in [2.24, 2.45) is 5.92 Å². The first-order valence-electron chi connectivity index (χ1n) is 13.7. The van der Waals surface area contributed by atoms with Crippen LogP contribution in [0.1, 0.15) is 25.7 Å². The summed E-state index contributed by atoms with van der Waals surface area (Å²) in [6.45, 7) is 5.93. The van der Waals surface area contributed by atoms with E-state index in [0.29, 0.717) is 24.5 Å². The molecule has 1 atom stereocenters. The lowest BCUT2D eigenvalue weighted by molar-refractivity contribution is -0.136. The van der Waals surface area contributed by atoms with Crippen LogP contribution in [0.2, 0.25) is 0 Å². The Morgan fingerprint density at radius 2 is 1.55 bits per heavy atom. The Labute approximate surface area is 224 Å². The first kappa shape index (κ1) is 25.1. The Hall–Kier alpha value is -3.17. The highest BCUT2D eigenvalue weighted by molar-refractivity contribution is 7.89. The Morgan fingerprint density at radius 3 is 2.32 bits per heavy atom. The van der Waals surface area contributed by atoms with Crippen molar-refractivity contribution in [3.05, 3.63) is 60.7 Å². The van der Waals surface area contributed by atoms with Crippen LogP contribution >= 0.6 is 0 Å². The molecule has 2 aromatic carbocycles. The zero-order valence-electron chi connectivity index (χ0n) is 21.7. The van der Waals surface area contributed by atoms with Gasteiger partial charge in [0.05, 0.1) is 16.3 Å². The third kappa shape index (κ3) is 4.97. The highest BCUT2D eigenvalue weighted by Gasteiger charge is 2.32. The molecule has 6 rings (SSSR count). The Morgan fingerprint density at radius 1 is 0.789 bits per heavy atom. The molecule has 1 amide bonds. The molecule has 3 aliphatic rings. The fourth-order valence-corrected chi connectivity index (χ4v) is 7.53. The zero-order valence-corrected chi connectivity index (χ0v) is 22.5. The van der Waals surface area contributed by atoms with Gasteiger partial charge in [-0.1, -0.05) is 18.2 Å². The zero-order chi connectivity index (χ0) is 26.1. The van der Waals surface area contributed by atoms with E-state index in [1.54, 1.807) is 22.5 Å². The fraction of sp³-hybridized carbons (Fsp3) is 0.448. The summed E-state index contributed by atoms with van der Waals surface area (Å²) in [4.78, 5) is 25.2. The molecule has 3 saturated heterocycles. The van der Waals surface area contributed by atoms with Gasteiger partial charge in [0.1, 0.15) is 5.82 Å². The highest BCUT2D eigenvalue weighted by atomic mass is 32.2. The number of benzene rings is 2. The summed E-state index contributed by atoms with van der Waals surface area (Å²) in [7, 11) is -3.46. The van der Waals surface area contributed by atoms with E-state index < -0.39 is 10.0 Å². The van der Waals surface area contributed by atoms with Crippen molar-refractivity contribution in [1.29, 1.82) is 0 Å². The summed E-state index contributed by atoms with van der Waals surface area (Å²) >= 11 is 0. The molecular weight excluding hydrogens is 498 g/mol. The number of amides is 1. The standard InChI is InChI=1S/C29H35N5O3S/c35-29(32-19-17-31(18-20-32)25-8-2-1-3-9-25)24-7-6-14-33(22-24)28-13-10-23-21-26(11-12-27(23)30-28)38(36,37)34-15-4-5-16-34/h1-3,8-13,21,24H,4-7,14-20,22H2/t24-/m0/s1. The molecule has 0 radical (unpaired) electrons. The quantitative estimate of drug-likeness (QED) is 0.499. The van der Waals surface area contributed by atoms with E-state index in [-0.39, 0.29) is 11.8 Å². The first-order valence-corrected chi connectivity index (χ1v) is 15.2. The van der Waals surface area contributed by atoms with E-state index in [2.05, 4.69) is 34.1 Å². The lowest BCUT2D eigenvalue weighted by Gasteiger charge is -2.40. The van der Waals surface area contributed by atoms with Crippen LogP contribution in [0.25, 0.3) is 10.9 Å². The average Bonchev–Trinajstić information content (AvgIpc) is 3.53. The normalized spacial score (nSPS) is 21.3. The molecule has 0 saturated carbocycles. The average molecular weight is 534 g/mol. The van der Waals surface area contributed by atoms with Crippen molar-refractivity contribution in [3.8, 4) is 0 Å². The van der Waals surface area contributed by atoms with Gasteiger partial charge in [0.25, 0.3) is 0 Å². The number of fused-ring (bicyclic) bond motifs is 1. The number of piperidine rings is 1. The first-order chi connectivity index (χ1) is 18.5. The molecule has 0 aliphatic carbocycles. The van der Waals surface area contributed by atoms with E-state index >= 15 is 0 Å². The minimum Gasteiger partial charge on any atom is -0.368 e. The van der Waals surface area contributed by atoms with Crippen molar-refractivity contribution >= 4 is 38.3 Å². The van der Waals surface area contributed by atoms with Gasteiger partial charge in [-0.05, 0) is 68.1 Å². The second-order valence-corrected chi connectivity index (χ2v) is 12.5. The second-order valence-electron chi connectivity index (χ2n) is 10.6. The molecule has 0 N–H and O–H groups in total. The molecule has 3 aromatic rings. The van der Waals surface area contributed by atoms with Crippen molar-refractivity contribution in [2.45, 2.75) is 30.6 Å². The van der Waals surface area contributed by atoms with Crippen LogP contribution < -0.4 is 9.80 Å². The summed E-state index contributed by atoms with van der Waals surface area (Å²) in [5, 5.41) is 0.815. The number of aromatic nitrogens is 1. The Bertz CT molecular complexity index is 1400. The van der Waals surface area contributed by atoms with Gasteiger partial charge in [-0.25, -0.2) is 13.4 Å². The summed E-state index contributed by atoms with van der Waals surface area (Å²) in [6.07, 6.45) is 3.69. The number of carbonyl (C=O) groups is 1. The van der Waals surface area contributed by atoms with Gasteiger partial charge < -0.3 is 14.7 Å². The second kappa shape index (κ2) is 10.5. The smallest absolute Gasteiger partial charge is 0.243 e.